The Morgan fingerprint density at radius 1 is 1.56 bits per heavy atom. The van der Waals surface area contributed by atoms with E-state index < -0.39 is 11.8 Å². The number of benzene rings is 1. The Kier molecular flexibility index (Phi) is 4.06. The van der Waals surface area contributed by atoms with Crippen LogP contribution in [0.5, 0.6) is 0 Å². The molecule has 0 aliphatic heterocycles. The van der Waals surface area contributed by atoms with E-state index in [9.17, 15) is 9.18 Å². The lowest BCUT2D eigenvalue weighted by Gasteiger charge is -1.94. The van der Waals surface area contributed by atoms with Crippen molar-refractivity contribution in [1.82, 2.24) is 0 Å². The first-order valence-corrected chi connectivity index (χ1v) is 4.42. The van der Waals surface area contributed by atoms with Crippen LogP contribution in [-0.4, -0.2) is 13.1 Å². The third-order valence-electron chi connectivity index (χ3n) is 1.78. The van der Waals surface area contributed by atoms with Gasteiger partial charge in [-0.2, -0.15) is 5.26 Å². The highest BCUT2D eigenvalue weighted by Crippen LogP contribution is 2.08. The normalized spacial score (nSPS) is 8.56. The monoisotopic (exact) mass is 217 g/mol. The van der Waals surface area contributed by atoms with Crippen molar-refractivity contribution in [3.05, 3.63) is 35.1 Å². The van der Waals surface area contributed by atoms with E-state index in [0.717, 1.165) is 0 Å². The van der Waals surface area contributed by atoms with Gasteiger partial charge in [-0.15, -0.1) is 0 Å². The fourth-order valence-electron chi connectivity index (χ4n) is 0.979. The molecule has 0 fully saturated rings. The van der Waals surface area contributed by atoms with Crippen molar-refractivity contribution in [2.45, 2.75) is 6.42 Å². The average Bonchev–Trinajstić information content (AvgIpc) is 2.31. The zero-order valence-electron chi connectivity index (χ0n) is 8.58. The second kappa shape index (κ2) is 5.53. The molecule has 3 nitrogen and oxygen atoms in total. The summed E-state index contributed by atoms with van der Waals surface area (Å²) in [6.45, 7) is 0. The molecule has 0 radical (unpaired) electrons. The summed E-state index contributed by atoms with van der Waals surface area (Å²) in [5.74, 6) is 4.19. The molecular weight excluding hydrogens is 209 g/mol. The van der Waals surface area contributed by atoms with E-state index in [1.807, 2.05) is 0 Å². The number of halogens is 1. The lowest BCUT2D eigenvalue weighted by atomic mass is 10.1. The Balaban J connectivity index is 2.83. The van der Waals surface area contributed by atoms with Gasteiger partial charge in [0.25, 0.3) is 0 Å². The topological polar surface area (TPSA) is 50.1 Å². The maximum atomic E-state index is 12.9. The number of ether oxygens (including phenoxy) is 1. The van der Waals surface area contributed by atoms with Gasteiger partial charge in [-0.05, 0) is 18.2 Å². The van der Waals surface area contributed by atoms with Crippen molar-refractivity contribution in [2.75, 3.05) is 7.11 Å². The molecule has 0 amide bonds. The van der Waals surface area contributed by atoms with Gasteiger partial charge in [-0.25, -0.2) is 4.39 Å². The van der Waals surface area contributed by atoms with E-state index in [-0.39, 0.29) is 12.0 Å². The van der Waals surface area contributed by atoms with E-state index in [2.05, 4.69) is 16.6 Å². The number of rotatable bonds is 1. The second-order valence-electron chi connectivity index (χ2n) is 2.86. The van der Waals surface area contributed by atoms with Gasteiger partial charge in [-0.1, -0.05) is 11.8 Å². The molecule has 0 saturated carbocycles. The van der Waals surface area contributed by atoms with Gasteiger partial charge in [0, 0.05) is 5.56 Å². The third kappa shape index (κ3) is 3.11. The molecule has 0 heterocycles. The molecule has 0 aliphatic rings. The van der Waals surface area contributed by atoms with Crippen LogP contribution < -0.4 is 0 Å². The highest BCUT2D eigenvalue weighted by Gasteiger charge is 2.00. The Labute approximate surface area is 92.5 Å². The number of methoxy groups -OCH3 is 1. The van der Waals surface area contributed by atoms with E-state index >= 15 is 0 Å². The molecule has 80 valence electrons. The predicted molar refractivity (Wildman–Crippen MR) is 54.6 cm³/mol. The van der Waals surface area contributed by atoms with Crippen molar-refractivity contribution in [3.63, 3.8) is 0 Å². The van der Waals surface area contributed by atoms with Crippen LogP contribution in [0, 0.1) is 29.0 Å². The van der Waals surface area contributed by atoms with Crippen LogP contribution in [0.1, 0.15) is 17.5 Å². The average molecular weight is 217 g/mol. The minimum Gasteiger partial charge on any atom is -0.468 e. The lowest BCUT2D eigenvalue weighted by molar-refractivity contribution is -0.139. The fourth-order valence-corrected chi connectivity index (χ4v) is 0.979. The Morgan fingerprint density at radius 3 is 2.94 bits per heavy atom. The van der Waals surface area contributed by atoms with Crippen LogP contribution in [0.15, 0.2) is 18.2 Å². The fraction of sp³-hybridized carbons (Fsp3) is 0.167. The number of hydrogen-bond donors (Lipinski definition) is 0. The highest BCUT2D eigenvalue weighted by molar-refractivity contribution is 5.72. The molecule has 0 aromatic heterocycles. The number of carbonyl (C=O) groups excluding carboxylic acids is 1. The first-order chi connectivity index (χ1) is 7.67. The van der Waals surface area contributed by atoms with Crippen LogP contribution in [0.25, 0.3) is 0 Å². The number of nitrogens with zero attached hydrogens (tertiary/aromatic N) is 1. The van der Waals surface area contributed by atoms with Crippen molar-refractivity contribution in [3.8, 4) is 17.9 Å². The quantitative estimate of drug-likeness (QED) is 0.530. The Morgan fingerprint density at radius 2 is 2.31 bits per heavy atom. The predicted octanol–water partition coefficient (Wildman–Crippen LogP) is 1.61. The van der Waals surface area contributed by atoms with Crippen molar-refractivity contribution < 1.29 is 13.9 Å². The van der Waals surface area contributed by atoms with Crippen molar-refractivity contribution >= 4 is 5.97 Å². The van der Waals surface area contributed by atoms with Gasteiger partial charge in [0.15, 0.2) is 0 Å². The van der Waals surface area contributed by atoms with Gasteiger partial charge in [0.05, 0.1) is 12.7 Å². The first-order valence-electron chi connectivity index (χ1n) is 4.42. The van der Waals surface area contributed by atoms with E-state index in [4.69, 9.17) is 5.26 Å². The van der Waals surface area contributed by atoms with Crippen LogP contribution in [0.3, 0.4) is 0 Å². The molecule has 0 saturated heterocycles. The molecular formula is C12H8FNO2. The summed E-state index contributed by atoms with van der Waals surface area (Å²) in [5.41, 5.74) is 0.423. The molecule has 0 aliphatic carbocycles. The number of nitriles is 1. The summed E-state index contributed by atoms with van der Waals surface area (Å²) < 4.78 is 17.3. The third-order valence-corrected chi connectivity index (χ3v) is 1.78. The molecule has 1 aromatic carbocycles. The summed E-state index contributed by atoms with van der Waals surface area (Å²) in [6.07, 6.45) is -0.0320. The first kappa shape index (κ1) is 11.7. The summed E-state index contributed by atoms with van der Waals surface area (Å²) in [7, 11) is 1.27. The smallest absolute Gasteiger partial charge is 0.317 e. The van der Waals surface area contributed by atoms with Crippen LogP contribution >= 0.6 is 0 Å². The Bertz CT molecular complexity index is 506. The second-order valence-corrected chi connectivity index (χ2v) is 2.86. The van der Waals surface area contributed by atoms with Crippen molar-refractivity contribution in [2.24, 2.45) is 0 Å². The molecule has 0 unspecified atom stereocenters. The summed E-state index contributed by atoms with van der Waals surface area (Å²) >= 11 is 0. The largest absolute Gasteiger partial charge is 0.468 e. The number of hydrogen-bond acceptors (Lipinski definition) is 3. The standard InChI is InChI=1S/C12H8FNO2/c1-16-12(15)4-2-3-9-5-6-11(13)10(7-9)8-14/h5-7H,4H2,1H3. The van der Waals surface area contributed by atoms with E-state index in [0.29, 0.717) is 5.56 Å². The van der Waals surface area contributed by atoms with Gasteiger partial charge in [0.1, 0.15) is 18.3 Å². The molecule has 0 atom stereocenters. The SMILES string of the molecule is COC(=O)CC#Cc1ccc(F)c(C#N)c1. The van der Waals surface area contributed by atoms with Gasteiger partial charge in [0.2, 0.25) is 0 Å². The van der Waals surface area contributed by atoms with Crippen LogP contribution in [0.2, 0.25) is 0 Å². The van der Waals surface area contributed by atoms with E-state index in [1.54, 1.807) is 6.07 Å². The minimum absolute atomic E-state index is 0.0320. The molecule has 4 heteroatoms. The summed E-state index contributed by atoms with van der Waals surface area (Å²) in [4.78, 5) is 10.7. The minimum atomic E-state index is -0.582. The van der Waals surface area contributed by atoms with Crippen LogP contribution in [-0.2, 0) is 9.53 Å². The lowest BCUT2D eigenvalue weighted by Crippen LogP contribution is -1.97. The number of carbonyl (C=O) groups is 1. The zero-order chi connectivity index (χ0) is 12.0. The molecule has 0 spiro atoms. The van der Waals surface area contributed by atoms with E-state index in [1.165, 1.54) is 25.3 Å². The van der Waals surface area contributed by atoms with Crippen LogP contribution in [0.4, 0.5) is 4.39 Å². The molecule has 1 aromatic rings. The zero-order valence-corrected chi connectivity index (χ0v) is 8.58. The maximum absolute atomic E-state index is 12.9. The maximum Gasteiger partial charge on any atom is 0.317 e. The number of esters is 1. The summed E-state index contributed by atoms with van der Waals surface area (Å²) in [6, 6.07) is 5.66. The summed E-state index contributed by atoms with van der Waals surface area (Å²) in [5, 5.41) is 8.58. The van der Waals surface area contributed by atoms with Gasteiger partial charge >= 0.3 is 5.97 Å². The van der Waals surface area contributed by atoms with Crippen molar-refractivity contribution in [1.29, 1.82) is 5.26 Å². The molecule has 16 heavy (non-hydrogen) atoms. The van der Waals surface area contributed by atoms with Gasteiger partial charge in [-0.3, -0.25) is 4.79 Å². The Hall–Kier alpha value is -2.33. The molecule has 1 rings (SSSR count). The van der Waals surface area contributed by atoms with Gasteiger partial charge < -0.3 is 4.74 Å². The highest BCUT2D eigenvalue weighted by atomic mass is 19.1. The molecule has 0 N–H and O–H groups in total. The molecule has 0 bridgehead atoms.